The quantitative estimate of drug-likeness (QED) is 0.757. The van der Waals surface area contributed by atoms with E-state index in [2.05, 4.69) is 16.6 Å². The van der Waals surface area contributed by atoms with Gasteiger partial charge in [0.05, 0.1) is 12.6 Å². The van der Waals surface area contributed by atoms with Crippen LogP contribution in [-0.4, -0.2) is 18.5 Å². The van der Waals surface area contributed by atoms with E-state index in [9.17, 15) is 9.18 Å². The summed E-state index contributed by atoms with van der Waals surface area (Å²) in [5.74, 6) is 1.96. The Bertz CT molecular complexity index is 440. The summed E-state index contributed by atoms with van der Waals surface area (Å²) in [6.45, 7) is 2.14. The Kier molecular flexibility index (Phi) is 5.89. The molecule has 3 nitrogen and oxygen atoms in total. The summed E-state index contributed by atoms with van der Waals surface area (Å²) in [7, 11) is 0. The van der Waals surface area contributed by atoms with Crippen molar-refractivity contribution in [3.05, 3.63) is 30.1 Å². The van der Waals surface area contributed by atoms with Gasteiger partial charge in [-0.2, -0.15) is 0 Å². The van der Waals surface area contributed by atoms with E-state index >= 15 is 0 Å². The third-order valence-electron chi connectivity index (χ3n) is 2.40. The smallest absolute Gasteiger partial charge is 0.238 e. The van der Waals surface area contributed by atoms with Crippen LogP contribution in [0.3, 0.4) is 0 Å². The maximum atomic E-state index is 12.9. The average Bonchev–Trinajstić information content (AvgIpc) is 2.34. The Morgan fingerprint density at radius 2 is 2.33 bits per heavy atom. The van der Waals surface area contributed by atoms with Gasteiger partial charge in [0.1, 0.15) is 5.82 Å². The monoisotopic (exact) mass is 248 g/mol. The van der Waals surface area contributed by atoms with E-state index in [4.69, 9.17) is 6.42 Å². The van der Waals surface area contributed by atoms with Gasteiger partial charge in [0, 0.05) is 5.69 Å². The molecule has 1 atom stereocenters. The van der Waals surface area contributed by atoms with E-state index in [1.54, 1.807) is 12.1 Å². The molecule has 1 aromatic rings. The van der Waals surface area contributed by atoms with Crippen molar-refractivity contribution in [2.24, 2.45) is 0 Å². The van der Waals surface area contributed by atoms with E-state index in [1.165, 1.54) is 12.1 Å². The fraction of sp³-hybridized carbons (Fsp3) is 0.357. The molecule has 0 heterocycles. The third-order valence-corrected chi connectivity index (χ3v) is 2.40. The van der Waals surface area contributed by atoms with Crippen molar-refractivity contribution in [2.75, 3.05) is 11.9 Å². The van der Waals surface area contributed by atoms with Crippen molar-refractivity contribution >= 4 is 11.6 Å². The standard InChI is InChI=1S/C14H17FN2O/c1-3-6-12(4-2)16-10-14(18)17-13-8-5-7-11(15)9-13/h2,5,7-9,12,16H,3,6,10H2,1H3,(H,17,18). The fourth-order valence-corrected chi connectivity index (χ4v) is 1.52. The number of amides is 1. The highest BCUT2D eigenvalue weighted by Crippen LogP contribution is 2.08. The number of carbonyl (C=O) groups excluding carboxylic acids is 1. The van der Waals surface area contributed by atoms with Crippen LogP contribution < -0.4 is 10.6 Å². The molecule has 1 rings (SSSR count). The Hall–Kier alpha value is -1.86. The molecule has 0 aliphatic rings. The Labute approximate surface area is 107 Å². The molecule has 4 heteroatoms. The fourth-order valence-electron chi connectivity index (χ4n) is 1.52. The lowest BCUT2D eigenvalue weighted by atomic mass is 10.2. The van der Waals surface area contributed by atoms with Gasteiger partial charge in [-0.3, -0.25) is 10.1 Å². The summed E-state index contributed by atoms with van der Waals surface area (Å²) in [6, 6.07) is 5.66. The zero-order valence-electron chi connectivity index (χ0n) is 10.4. The van der Waals surface area contributed by atoms with E-state index < -0.39 is 0 Å². The largest absolute Gasteiger partial charge is 0.325 e. The van der Waals surface area contributed by atoms with Gasteiger partial charge in [0.2, 0.25) is 5.91 Å². The summed E-state index contributed by atoms with van der Waals surface area (Å²) in [5.41, 5.74) is 0.439. The first-order valence-electron chi connectivity index (χ1n) is 5.90. The number of rotatable bonds is 6. The molecular formula is C14H17FN2O. The topological polar surface area (TPSA) is 41.1 Å². The molecule has 1 amide bonds. The number of anilines is 1. The maximum absolute atomic E-state index is 12.9. The third kappa shape index (κ3) is 4.98. The predicted molar refractivity (Wildman–Crippen MR) is 70.6 cm³/mol. The minimum Gasteiger partial charge on any atom is -0.325 e. The number of halogens is 1. The van der Waals surface area contributed by atoms with Crippen LogP contribution in [0.4, 0.5) is 10.1 Å². The van der Waals surface area contributed by atoms with Gasteiger partial charge in [-0.05, 0) is 24.6 Å². The molecule has 0 aliphatic carbocycles. The normalized spacial score (nSPS) is 11.6. The highest BCUT2D eigenvalue weighted by Gasteiger charge is 2.07. The number of hydrogen-bond donors (Lipinski definition) is 2. The summed E-state index contributed by atoms with van der Waals surface area (Å²) >= 11 is 0. The van der Waals surface area contributed by atoms with Crippen LogP contribution in [0.1, 0.15) is 19.8 Å². The van der Waals surface area contributed by atoms with E-state index in [0.29, 0.717) is 5.69 Å². The molecule has 2 N–H and O–H groups in total. The average molecular weight is 248 g/mol. The van der Waals surface area contributed by atoms with E-state index in [-0.39, 0.29) is 24.3 Å². The van der Waals surface area contributed by atoms with Gasteiger partial charge in [0.15, 0.2) is 0 Å². The SMILES string of the molecule is C#CC(CCC)NCC(=O)Nc1cccc(F)c1. The van der Waals surface area contributed by atoms with Gasteiger partial charge in [-0.1, -0.05) is 25.3 Å². The van der Waals surface area contributed by atoms with Crippen LogP contribution in [0.2, 0.25) is 0 Å². The van der Waals surface area contributed by atoms with Gasteiger partial charge >= 0.3 is 0 Å². The molecule has 0 aromatic heterocycles. The molecule has 1 aromatic carbocycles. The second-order valence-electron chi connectivity index (χ2n) is 3.95. The minimum atomic E-state index is -0.381. The Morgan fingerprint density at radius 3 is 2.94 bits per heavy atom. The van der Waals surface area contributed by atoms with Crippen LogP contribution in [0, 0.1) is 18.2 Å². The zero-order valence-corrected chi connectivity index (χ0v) is 10.4. The van der Waals surface area contributed by atoms with Crippen molar-refractivity contribution in [1.82, 2.24) is 5.32 Å². The summed E-state index contributed by atoms with van der Waals surface area (Å²) in [4.78, 5) is 11.6. The van der Waals surface area contributed by atoms with Crippen LogP contribution in [0.5, 0.6) is 0 Å². The van der Waals surface area contributed by atoms with Gasteiger partial charge < -0.3 is 5.32 Å². The van der Waals surface area contributed by atoms with Crippen LogP contribution in [0.15, 0.2) is 24.3 Å². The van der Waals surface area contributed by atoms with Gasteiger partial charge in [-0.25, -0.2) is 4.39 Å². The molecule has 1 unspecified atom stereocenters. The van der Waals surface area contributed by atoms with Gasteiger partial charge in [0.25, 0.3) is 0 Å². The maximum Gasteiger partial charge on any atom is 0.238 e. The Morgan fingerprint density at radius 1 is 1.56 bits per heavy atom. The lowest BCUT2D eigenvalue weighted by Crippen LogP contribution is -2.35. The van der Waals surface area contributed by atoms with Crippen molar-refractivity contribution in [2.45, 2.75) is 25.8 Å². The number of carbonyl (C=O) groups is 1. The van der Waals surface area contributed by atoms with Crippen molar-refractivity contribution in [3.8, 4) is 12.3 Å². The summed E-state index contributed by atoms with van der Waals surface area (Å²) in [6.07, 6.45) is 7.10. The minimum absolute atomic E-state index is 0.103. The number of hydrogen-bond acceptors (Lipinski definition) is 2. The number of terminal acetylenes is 1. The van der Waals surface area contributed by atoms with Gasteiger partial charge in [-0.15, -0.1) is 6.42 Å². The number of nitrogens with one attached hydrogen (secondary N) is 2. The van der Waals surface area contributed by atoms with Crippen LogP contribution in [-0.2, 0) is 4.79 Å². The van der Waals surface area contributed by atoms with Crippen molar-refractivity contribution in [1.29, 1.82) is 0 Å². The van der Waals surface area contributed by atoms with E-state index in [0.717, 1.165) is 12.8 Å². The van der Waals surface area contributed by atoms with Crippen LogP contribution >= 0.6 is 0 Å². The molecular weight excluding hydrogens is 231 g/mol. The highest BCUT2D eigenvalue weighted by atomic mass is 19.1. The second kappa shape index (κ2) is 7.46. The zero-order chi connectivity index (χ0) is 13.4. The molecule has 96 valence electrons. The first-order valence-corrected chi connectivity index (χ1v) is 5.90. The van der Waals surface area contributed by atoms with Crippen molar-refractivity contribution < 1.29 is 9.18 Å². The first-order chi connectivity index (χ1) is 8.65. The molecule has 0 fully saturated rings. The van der Waals surface area contributed by atoms with E-state index in [1.807, 2.05) is 6.92 Å². The predicted octanol–water partition coefficient (Wildman–Crippen LogP) is 2.16. The Balaban J connectivity index is 2.40. The highest BCUT2D eigenvalue weighted by molar-refractivity contribution is 5.92. The summed E-state index contributed by atoms with van der Waals surface area (Å²) in [5, 5.41) is 5.56. The second-order valence-corrected chi connectivity index (χ2v) is 3.95. The van der Waals surface area contributed by atoms with Crippen LogP contribution in [0.25, 0.3) is 0 Å². The number of benzene rings is 1. The van der Waals surface area contributed by atoms with Crippen molar-refractivity contribution in [3.63, 3.8) is 0 Å². The molecule has 0 spiro atoms. The lowest BCUT2D eigenvalue weighted by molar-refractivity contribution is -0.115. The molecule has 0 radical (unpaired) electrons. The molecule has 0 saturated heterocycles. The lowest BCUT2D eigenvalue weighted by Gasteiger charge is -2.11. The molecule has 0 saturated carbocycles. The summed E-state index contributed by atoms with van der Waals surface area (Å²) < 4.78 is 12.9. The first kappa shape index (κ1) is 14.2. The molecule has 0 aliphatic heterocycles. The molecule has 18 heavy (non-hydrogen) atoms. The molecule has 0 bridgehead atoms.